The number of nitrogens with zero attached hydrogens (tertiary/aromatic N) is 2. The summed E-state index contributed by atoms with van der Waals surface area (Å²) < 4.78 is 51.4. The van der Waals surface area contributed by atoms with Crippen molar-refractivity contribution < 1.29 is 27.4 Å². The first-order valence-electron chi connectivity index (χ1n) is 8.70. The summed E-state index contributed by atoms with van der Waals surface area (Å²) in [4.78, 5) is 18.9. The number of carbonyl (C=O) groups excluding carboxylic acids is 1. The van der Waals surface area contributed by atoms with Gasteiger partial charge in [-0.1, -0.05) is 25.4 Å². The third-order valence-corrected chi connectivity index (χ3v) is 4.14. The fraction of sp³-hybridized carbons (Fsp3) is 0.421. The number of carbonyl (C=O) groups is 1. The number of alkyl halides is 3. The van der Waals surface area contributed by atoms with Crippen LogP contribution in [0.5, 0.6) is 5.75 Å². The monoisotopic (exact) mass is 431 g/mol. The maximum atomic E-state index is 13.6. The zero-order chi connectivity index (χ0) is 21.8. The van der Waals surface area contributed by atoms with Gasteiger partial charge in [-0.3, -0.25) is 0 Å². The molecule has 0 radical (unpaired) electrons. The first kappa shape index (κ1) is 22.7. The molecule has 1 amide bonds. The van der Waals surface area contributed by atoms with Gasteiger partial charge in [-0.15, -0.1) is 0 Å². The van der Waals surface area contributed by atoms with Crippen molar-refractivity contribution in [2.45, 2.75) is 39.0 Å². The van der Waals surface area contributed by atoms with Gasteiger partial charge < -0.3 is 15.2 Å². The number of benzene rings is 1. The number of hydrogen-bond donors (Lipinski definition) is 1. The Balaban J connectivity index is 2.35. The fourth-order valence-corrected chi connectivity index (χ4v) is 3.14. The second kappa shape index (κ2) is 8.86. The van der Waals surface area contributed by atoms with Gasteiger partial charge in [0.1, 0.15) is 29.4 Å². The molecule has 10 heteroatoms. The molecule has 0 saturated carbocycles. The summed E-state index contributed by atoms with van der Waals surface area (Å²) in [5.41, 5.74) is 3.37. The Morgan fingerprint density at radius 2 is 1.93 bits per heavy atom. The number of ether oxygens (including phenoxy) is 2. The summed E-state index contributed by atoms with van der Waals surface area (Å²) in [5.74, 6) is -0.306. The molecule has 1 unspecified atom stereocenters. The maximum absolute atomic E-state index is 13.6. The van der Waals surface area contributed by atoms with Gasteiger partial charge in [-0.25, -0.2) is 14.8 Å². The quantitative estimate of drug-likeness (QED) is 0.616. The van der Waals surface area contributed by atoms with E-state index in [2.05, 4.69) is 9.97 Å². The maximum Gasteiger partial charge on any atom is 0.419 e. The normalized spacial score (nSPS) is 13.8. The summed E-state index contributed by atoms with van der Waals surface area (Å²) in [7, 11) is 0. The Hall–Kier alpha value is -2.55. The molecule has 6 nitrogen and oxygen atoms in total. The lowest BCUT2D eigenvalue weighted by molar-refractivity contribution is -0.139. The summed E-state index contributed by atoms with van der Waals surface area (Å²) in [6.45, 7) is 5.02. The topological polar surface area (TPSA) is 87.3 Å². The van der Waals surface area contributed by atoms with E-state index >= 15 is 0 Å². The Morgan fingerprint density at radius 1 is 1.24 bits per heavy atom. The van der Waals surface area contributed by atoms with E-state index in [1.165, 1.54) is 18.2 Å². The van der Waals surface area contributed by atoms with Crippen LogP contribution in [0.3, 0.4) is 0 Å². The van der Waals surface area contributed by atoms with Crippen LogP contribution >= 0.6 is 11.6 Å². The molecule has 2 rings (SSSR count). The second-order valence-electron chi connectivity index (χ2n) is 7.19. The molecule has 1 atom stereocenters. The van der Waals surface area contributed by atoms with Crippen molar-refractivity contribution >= 4 is 17.7 Å². The molecule has 0 fully saturated rings. The molecular formula is C19H21ClF3N3O3. The summed E-state index contributed by atoms with van der Waals surface area (Å²) in [6.07, 6.45) is -4.19. The molecule has 158 valence electrons. The van der Waals surface area contributed by atoms with E-state index in [0.717, 1.165) is 12.4 Å². The van der Waals surface area contributed by atoms with E-state index in [0.29, 0.717) is 6.42 Å². The van der Waals surface area contributed by atoms with Crippen LogP contribution in [0.4, 0.5) is 18.0 Å². The van der Waals surface area contributed by atoms with Crippen molar-refractivity contribution in [1.82, 2.24) is 9.97 Å². The molecule has 0 bridgehead atoms. The molecule has 0 spiro atoms. The van der Waals surface area contributed by atoms with Crippen molar-refractivity contribution in [2.24, 2.45) is 11.7 Å². The molecule has 0 aliphatic carbocycles. The van der Waals surface area contributed by atoms with E-state index in [1.54, 1.807) is 6.92 Å². The van der Waals surface area contributed by atoms with Gasteiger partial charge in [0.05, 0.1) is 11.3 Å². The SMILES string of the molecule is CC(C)CC(C)(COc1ccc(-c2cc(Cl)ncn2)cc1C(F)(F)F)OC(N)=O. The number of nitrogens with two attached hydrogens (primary N) is 1. The van der Waals surface area contributed by atoms with Crippen LogP contribution in [0, 0.1) is 5.92 Å². The highest BCUT2D eigenvalue weighted by molar-refractivity contribution is 6.29. The largest absolute Gasteiger partial charge is 0.489 e. The zero-order valence-electron chi connectivity index (χ0n) is 16.1. The Labute approximate surface area is 171 Å². The van der Waals surface area contributed by atoms with Crippen LogP contribution < -0.4 is 10.5 Å². The number of rotatable bonds is 7. The molecule has 0 aliphatic heterocycles. The van der Waals surface area contributed by atoms with Crippen molar-refractivity contribution in [3.63, 3.8) is 0 Å². The third kappa shape index (κ3) is 6.49. The standard InChI is InChI=1S/C19H21ClF3N3O3/c1-11(2)8-18(3,29-17(24)27)9-28-15-5-4-12(6-13(15)19(21,22)23)14-7-16(20)26-10-25-14/h4-7,10-11H,8-9H2,1-3H3,(H2,24,27). The van der Waals surface area contributed by atoms with Gasteiger partial charge in [-0.05, 0) is 37.5 Å². The first-order valence-corrected chi connectivity index (χ1v) is 9.08. The van der Waals surface area contributed by atoms with E-state index in [1.807, 2.05) is 13.8 Å². The minimum absolute atomic E-state index is 0.0925. The van der Waals surface area contributed by atoms with Gasteiger partial charge in [0.15, 0.2) is 0 Å². The smallest absolute Gasteiger partial charge is 0.419 e. The molecule has 29 heavy (non-hydrogen) atoms. The van der Waals surface area contributed by atoms with Gasteiger partial charge in [0, 0.05) is 11.6 Å². The van der Waals surface area contributed by atoms with Gasteiger partial charge >= 0.3 is 12.3 Å². The summed E-state index contributed by atoms with van der Waals surface area (Å²) in [6, 6.07) is 4.90. The third-order valence-electron chi connectivity index (χ3n) is 3.93. The summed E-state index contributed by atoms with van der Waals surface area (Å²) >= 11 is 5.79. The number of primary amides is 1. The lowest BCUT2D eigenvalue weighted by Crippen LogP contribution is -2.41. The average Bonchev–Trinajstić information content (AvgIpc) is 2.57. The highest BCUT2D eigenvalue weighted by Crippen LogP contribution is 2.39. The number of halogens is 4. The van der Waals surface area contributed by atoms with E-state index in [-0.39, 0.29) is 28.9 Å². The lowest BCUT2D eigenvalue weighted by Gasteiger charge is -2.30. The Kier molecular flexibility index (Phi) is 6.94. The highest BCUT2D eigenvalue weighted by Gasteiger charge is 2.36. The molecule has 0 saturated heterocycles. The second-order valence-corrected chi connectivity index (χ2v) is 7.58. The van der Waals surface area contributed by atoms with Crippen LogP contribution in [-0.4, -0.2) is 28.3 Å². The van der Waals surface area contributed by atoms with Crippen LogP contribution in [0.25, 0.3) is 11.3 Å². The predicted molar refractivity (Wildman–Crippen MR) is 102 cm³/mol. The number of hydrogen-bond acceptors (Lipinski definition) is 5. The van der Waals surface area contributed by atoms with Crippen molar-refractivity contribution in [2.75, 3.05) is 6.61 Å². The Bertz CT molecular complexity index is 877. The minimum atomic E-state index is -4.68. The highest BCUT2D eigenvalue weighted by atomic mass is 35.5. The lowest BCUT2D eigenvalue weighted by atomic mass is 9.95. The molecule has 1 aromatic heterocycles. The number of amides is 1. The van der Waals surface area contributed by atoms with Gasteiger partial charge in [0.25, 0.3) is 0 Å². The van der Waals surface area contributed by atoms with Crippen molar-refractivity contribution in [1.29, 1.82) is 0 Å². The van der Waals surface area contributed by atoms with Crippen LogP contribution in [0.2, 0.25) is 5.15 Å². The van der Waals surface area contributed by atoms with Crippen LogP contribution in [0.15, 0.2) is 30.6 Å². The fourth-order valence-electron chi connectivity index (χ4n) is 3.00. The van der Waals surface area contributed by atoms with Crippen LogP contribution in [0.1, 0.15) is 32.8 Å². The van der Waals surface area contributed by atoms with Gasteiger partial charge in [0.2, 0.25) is 0 Å². The van der Waals surface area contributed by atoms with Crippen molar-refractivity contribution in [3.8, 4) is 17.0 Å². The van der Waals surface area contributed by atoms with E-state index < -0.39 is 29.2 Å². The first-order chi connectivity index (χ1) is 13.4. The Morgan fingerprint density at radius 3 is 2.48 bits per heavy atom. The molecule has 0 aliphatic rings. The molecule has 2 N–H and O–H groups in total. The molecular weight excluding hydrogens is 411 g/mol. The average molecular weight is 432 g/mol. The molecule has 1 heterocycles. The van der Waals surface area contributed by atoms with Crippen LogP contribution in [-0.2, 0) is 10.9 Å². The molecule has 2 aromatic rings. The van der Waals surface area contributed by atoms with E-state index in [9.17, 15) is 18.0 Å². The zero-order valence-corrected chi connectivity index (χ0v) is 16.8. The van der Waals surface area contributed by atoms with Crippen molar-refractivity contribution in [3.05, 3.63) is 41.3 Å². The van der Waals surface area contributed by atoms with E-state index in [4.69, 9.17) is 26.8 Å². The van der Waals surface area contributed by atoms with Gasteiger partial charge in [-0.2, -0.15) is 13.2 Å². The predicted octanol–water partition coefficient (Wildman–Crippen LogP) is 5.09. The minimum Gasteiger partial charge on any atom is -0.489 e. The summed E-state index contributed by atoms with van der Waals surface area (Å²) in [5, 5.41) is 0.108. The number of aromatic nitrogens is 2. The molecule has 1 aromatic carbocycles.